The molecule has 0 rings (SSSR count). The fraction of sp³-hybridized carbons (Fsp3) is 0.778. The average Bonchev–Trinajstić information content (AvgIpc) is 2.03. The third-order valence-corrected chi connectivity index (χ3v) is 1.31. The van der Waals surface area contributed by atoms with Crippen LogP contribution in [0.25, 0.3) is 0 Å². The largest absolute Gasteiger partial charge is 0.444 e. The van der Waals surface area contributed by atoms with Crippen LogP contribution in [0.5, 0.6) is 0 Å². The normalized spacial score (nSPS) is 9.09. The quantitative estimate of drug-likeness (QED) is 0.413. The van der Waals surface area contributed by atoms with Crippen molar-refractivity contribution in [2.24, 2.45) is 0 Å². The van der Waals surface area contributed by atoms with Gasteiger partial charge in [-0.25, -0.2) is 0 Å². The summed E-state index contributed by atoms with van der Waals surface area (Å²) in [6, 6.07) is 0. The Hall–Kier alpha value is -0.680. The molecule has 0 amide bonds. The topological polar surface area (TPSA) is 18.5 Å². The van der Waals surface area contributed by atoms with E-state index in [4.69, 9.17) is 11.2 Å². The van der Waals surface area contributed by atoms with E-state index in [0.29, 0.717) is 13.2 Å². The Morgan fingerprint density at radius 3 is 2.64 bits per heavy atom. The number of ether oxygens (including phenoxy) is 2. The third kappa shape index (κ3) is 9.32. The van der Waals surface area contributed by atoms with Gasteiger partial charge in [0.2, 0.25) is 0 Å². The van der Waals surface area contributed by atoms with Crippen LogP contribution in [0.2, 0.25) is 0 Å². The first-order chi connectivity index (χ1) is 5.41. The van der Waals surface area contributed by atoms with Crippen molar-refractivity contribution in [3.05, 3.63) is 0 Å². The van der Waals surface area contributed by atoms with Crippen LogP contribution >= 0.6 is 0 Å². The molecule has 2 heteroatoms. The maximum absolute atomic E-state index is 5.22. The van der Waals surface area contributed by atoms with Crippen LogP contribution in [0.15, 0.2) is 0 Å². The van der Waals surface area contributed by atoms with Crippen LogP contribution in [0.3, 0.4) is 0 Å². The molecule has 2 nitrogen and oxygen atoms in total. The van der Waals surface area contributed by atoms with Crippen LogP contribution in [-0.4, -0.2) is 19.8 Å². The third-order valence-electron chi connectivity index (χ3n) is 1.31. The summed E-state index contributed by atoms with van der Waals surface area (Å²) < 4.78 is 9.86. The highest BCUT2D eigenvalue weighted by Gasteiger charge is 1.87. The number of unbranched alkanes of at least 4 members (excludes halogenated alkanes) is 2. The maximum Gasteiger partial charge on any atom is 0.123 e. The van der Waals surface area contributed by atoms with Crippen LogP contribution in [-0.2, 0) is 9.47 Å². The standard InChI is InChI=1S/C9H16O2/c1-3-5-6-7-11-9-8-10-4-2/h2H,3,5-9H2,1H3. The zero-order valence-electron chi connectivity index (χ0n) is 7.14. The first kappa shape index (κ1) is 10.3. The Morgan fingerprint density at radius 2 is 2.00 bits per heavy atom. The molecular formula is C9H16O2. The molecule has 0 aromatic heterocycles. The minimum atomic E-state index is 0.503. The van der Waals surface area contributed by atoms with Gasteiger partial charge in [-0.3, -0.25) is 0 Å². The Kier molecular flexibility index (Phi) is 8.74. The van der Waals surface area contributed by atoms with Gasteiger partial charge in [0, 0.05) is 6.61 Å². The molecule has 0 heterocycles. The summed E-state index contributed by atoms with van der Waals surface area (Å²) in [5, 5.41) is 0. The molecule has 0 aliphatic rings. The SMILES string of the molecule is C#COCCOCCCCC. The van der Waals surface area contributed by atoms with Crippen molar-refractivity contribution in [1.29, 1.82) is 0 Å². The average molecular weight is 156 g/mol. The second kappa shape index (κ2) is 9.32. The van der Waals surface area contributed by atoms with E-state index in [9.17, 15) is 0 Å². The zero-order valence-corrected chi connectivity index (χ0v) is 7.14. The van der Waals surface area contributed by atoms with Crippen molar-refractivity contribution in [2.75, 3.05) is 19.8 Å². The van der Waals surface area contributed by atoms with Crippen LogP contribution in [0.4, 0.5) is 0 Å². The first-order valence-electron chi connectivity index (χ1n) is 4.07. The fourth-order valence-electron chi connectivity index (χ4n) is 0.716. The molecule has 0 aliphatic carbocycles. The lowest BCUT2D eigenvalue weighted by Gasteiger charge is -2.01. The second-order valence-corrected chi connectivity index (χ2v) is 2.29. The van der Waals surface area contributed by atoms with Gasteiger partial charge in [0.25, 0.3) is 0 Å². The number of hydrogen-bond acceptors (Lipinski definition) is 2. The minimum absolute atomic E-state index is 0.503. The van der Waals surface area contributed by atoms with Gasteiger partial charge in [-0.15, -0.1) is 0 Å². The summed E-state index contributed by atoms with van der Waals surface area (Å²) in [4.78, 5) is 0. The Morgan fingerprint density at radius 1 is 1.18 bits per heavy atom. The van der Waals surface area contributed by atoms with Gasteiger partial charge in [0.05, 0.1) is 6.61 Å². The Balaban J connectivity index is 2.75. The van der Waals surface area contributed by atoms with Gasteiger partial charge in [0.15, 0.2) is 0 Å². The summed E-state index contributed by atoms with van der Waals surface area (Å²) in [5.41, 5.74) is 0. The Labute approximate surface area is 68.9 Å². The van der Waals surface area contributed by atoms with Crippen molar-refractivity contribution < 1.29 is 9.47 Å². The van der Waals surface area contributed by atoms with E-state index in [2.05, 4.69) is 17.8 Å². The van der Waals surface area contributed by atoms with Crippen molar-refractivity contribution in [3.8, 4) is 12.5 Å². The van der Waals surface area contributed by atoms with Crippen LogP contribution in [0, 0.1) is 12.5 Å². The smallest absolute Gasteiger partial charge is 0.123 e. The molecule has 0 aromatic carbocycles. The van der Waals surface area contributed by atoms with Gasteiger partial charge >= 0.3 is 0 Å². The van der Waals surface area contributed by atoms with Crippen LogP contribution in [0.1, 0.15) is 26.2 Å². The molecule has 64 valence electrons. The molecule has 0 bridgehead atoms. The number of hydrogen-bond donors (Lipinski definition) is 0. The Bertz CT molecular complexity index is 105. The monoisotopic (exact) mass is 156 g/mol. The van der Waals surface area contributed by atoms with Gasteiger partial charge in [0.1, 0.15) is 12.7 Å². The fourth-order valence-corrected chi connectivity index (χ4v) is 0.716. The number of terminal acetylenes is 1. The summed E-state index contributed by atoms with van der Waals surface area (Å²) in [6.45, 7) is 4.10. The molecular weight excluding hydrogens is 140 g/mol. The lowest BCUT2D eigenvalue weighted by atomic mass is 10.3. The molecule has 0 unspecified atom stereocenters. The van der Waals surface area contributed by atoms with E-state index in [1.807, 2.05) is 0 Å². The summed E-state index contributed by atoms with van der Waals surface area (Å²) in [5.74, 6) is 0. The van der Waals surface area contributed by atoms with E-state index in [1.165, 1.54) is 12.8 Å². The van der Waals surface area contributed by atoms with Gasteiger partial charge < -0.3 is 9.47 Å². The molecule has 0 atom stereocenters. The predicted molar refractivity (Wildman–Crippen MR) is 45.1 cm³/mol. The molecule has 0 saturated heterocycles. The van der Waals surface area contributed by atoms with E-state index in [0.717, 1.165) is 13.0 Å². The van der Waals surface area contributed by atoms with E-state index >= 15 is 0 Å². The molecule has 0 N–H and O–H groups in total. The summed E-state index contributed by atoms with van der Waals surface area (Å²) in [6.07, 6.45) is 10.5. The molecule has 0 aromatic rings. The minimum Gasteiger partial charge on any atom is -0.444 e. The van der Waals surface area contributed by atoms with Crippen molar-refractivity contribution in [1.82, 2.24) is 0 Å². The van der Waals surface area contributed by atoms with Crippen molar-refractivity contribution in [3.63, 3.8) is 0 Å². The van der Waals surface area contributed by atoms with E-state index in [-0.39, 0.29) is 0 Å². The molecule has 0 aliphatic heterocycles. The maximum atomic E-state index is 5.22. The van der Waals surface area contributed by atoms with Crippen LogP contribution < -0.4 is 0 Å². The zero-order chi connectivity index (χ0) is 8.36. The summed E-state index contributed by atoms with van der Waals surface area (Å²) >= 11 is 0. The number of rotatable bonds is 7. The molecule has 0 fully saturated rings. The first-order valence-corrected chi connectivity index (χ1v) is 4.07. The van der Waals surface area contributed by atoms with Gasteiger partial charge in [-0.05, 0) is 6.42 Å². The molecule has 11 heavy (non-hydrogen) atoms. The highest BCUT2D eigenvalue weighted by Crippen LogP contribution is 1.93. The highest BCUT2D eigenvalue weighted by atomic mass is 16.5. The summed E-state index contributed by atoms with van der Waals surface area (Å²) in [7, 11) is 0. The van der Waals surface area contributed by atoms with Crippen molar-refractivity contribution in [2.45, 2.75) is 26.2 Å². The van der Waals surface area contributed by atoms with Gasteiger partial charge in [-0.2, -0.15) is 0 Å². The van der Waals surface area contributed by atoms with E-state index < -0.39 is 0 Å². The lowest BCUT2D eigenvalue weighted by molar-refractivity contribution is 0.0886. The lowest BCUT2D eigenvalue weighted by Crippen LogP contribution is -2.02. The molecule has 0 saturated carbocycles. The van der Waals surface area contributed by atoms with Crippen molar-refractivity contribution >= 4 is 0 Å². The van der Waals surface area contributed by atoms with Gasteiger partial charge in [-0.1, -0.05) is 26.2 Å². The van der Waals surface area contributed by atoms with E-state index in [1.54, 1.807) is 0 Å². The molecule has 0 radical (unpaired) electrons. The molecule has 0 spiro atoms. The predicted octanol–water partition coefficient (Wildman–Crippen LogP) is 1.80. The second-order valence-electron chi connectivity index (χ2n) is 2.29. The highest BCUT2D eigenvalue weighted by molar-refractivity contribution is 4.67.